The van der Waals surface area contributed by atoms with E-state index in [1.807, 2.05) is 6.92 Å². The van der Waals surface area contributed by atoms with Gasteiger partial charge in [0.15, 0.2) is 0 Å². The molecule has 1 aromatic rings. The lowest BCUT2D eigenvalue weighted by atomic mass is 10.1. The maximum atomic E-state index is 14.0. The van der Waals surface area contributed by atoms with Gasteiger partial charge in [0.25, 0.3) is 9.05 Å². The first-order chi connectivity index (χ1) is 9.62. The highest BCUT2D eigenvalue weighted by Gasteiger charge is 2.29. The Balaban J connectivity index is 2.42. The van der Waals surface area contributed by atoms with Crippen LogP contribution in [-0.4, -0.2) is 34.2 Å². The molecule has 0 amide bonds. The van der Waals surface area contributed by atoms with Crippen LogP contribution in [0.2, 0.25) is 0 Å². The van der Waals surface area contributed by atoms with Gasteiger partial charge < -0.3 is 0 Å². The first-order valence-corrected chi connectivity index (χ1v) is 9.77. The third-order valence-corrected chi connectivity index (χ3v) is 6.45. The van der Waals surface area contributed by atoms with Gasteiger partial charge in [0.1, 0.15) is 10.7 Å². The lowest BCUT2D eigenvalue weighted by molar-refractivity contribution is 0.426. The Labute approximate surface area is 127 Å². The van der Waals surface area contributed by atoms with Crippen molar-refractivity contribution in [1.82, 2.24) is 4.31 Å². The Hall–Kier alpha value is -0.960. The van der Waals surface area contributed by atoms with Crippen LogP contribution < -0.4 is 0 Å². The van der Waals surface area contributed by atoms with E-state index in [0.29, 0.717) is 12.5 Å². The third-order valence-electron chi connectivity index (χ3n) is 3.20. The number of rotatable bonds is 3. The van der Waals surface area contributed by atoms with Gasteiger partial charge in [-0.15, -0.1) is 0 Å². The Bertz CT molecular complexity index is 803. The van der Waals surface area contributed by atoms with Crippen LogP contribution in [-0.2, 0) is 19.1 Å². The normalized spacial score (nSPS) is 17.6. The van der Waals surface area contributed by atoms with Crippen LogP contribution in [0.25, 0.3) is 0 Å². The molecule has 0 radical (unpaired) electrons. The molecule has 0 spiro atoms. The molecule has 1 aliphatic heterocycles. The maximum absolute atomic E-state index is 14.0. The van der Waals surface area contributed by atoms with Crippen LogP contribution in [0.15, 0.2) is 39.6 Å². The summed E-state index contributed by atoms with van der Waals surface area (Å²) in [6.45, 7) is 2.33. The molecule has 2 rings (SSSR count). The summed E-state index contributed by atoms with van der Waals surface area (Å²) < 4.78 is 62.0. The molecule has 1 aliphatic rings. The van der Waals surface area contributed by atoms with E-state index in [2.05, 4.69) is 0 Å². The molecule has 1 heterocycles. The van der Waals surface area contributed by atoms with Gasteiger partial charge in [-0.3, -0.25) is 0 Å². The van der Waals surface area contributed by atoms with Crippen molar-refractivity contribution >= 4 is 29.8 Å². The van der Waals surface area contributed by atoms with Crippen LogP contribution >= 0.6 is 10.7 Å². The number of benzene rings is 1. The summed E-state index contributed by atoms with van der Waals surface area (Å²) in [5.41, 5.74) is 1.07. The molecule has 0 fully saturated rings. The smallest absolute Gasteiger partial charge is 0.207 e. The number of nitrogens with zero attached hydrogens (tertiary/aromatic N) is 1. The molecule has 116 valence electrons. The second-order valence-electron chi connectivity index (χ2n) is 4.69. The molecule has 0 aromatic heterocycles. The average Bonchev–Trinajstić information content (AvgIpc) is 2.37. The fraction of sp³-hybridized carbons (Fsp3) is 0.333. The highest BCUT2D eigenvalue weighted by atomic mass is 35.7. The summed E-state index contributed by atoms with van der Waals surface area (Å²) in [4.78, 5) is -1.03. The van der Waals surface area contributed by atoms with Gasteiger partial charge in [-0.1, -0.05) is 11.6 Å². The highest BCUT2D eigenvalue weighted by Crippen LogP contribution is 2.25. The van der Waals surface area contributed by atoms with E-state index in [0.717, 1.165) is 22.0 Å². The van der Waals surface area contributed by atoms with Crippen LogP contribution in [0, 0.1) is 5.82 Å². The van der Waals surface area contributed by atoms with E-state index in [-0.39, 0.29) is 13.1 Å². The van der Waals surface area contributed by atoms with E-state index in [4.69, 9.17) is 10.7 Å². The molecule has 0 bridgehead atoms. The summed E-state index contributed by atoms with van der Waals surface area (Å²) in [7, 11) is -3.01. The monoisotopic (exact) mass is 353 g/mol. The van der Waals surface area contributed by atoms with Gasteiger partial charge in [-0.25, -0.2) is 21.2 Å². The molecule has 0 saturated carbocycles. The van der Waals surface area contributed by atoms with E-state index >= 15 is 0 Å². The van der Waals surface area contributed by atoms with Gasteiger partial charge in [-0.2, -0.15) is 4.31 Å². The average molecular weight is 354 g/mol. The lowest BCUT2D eigenvalue weighted by Gasteiger charge is -2.25. The quantitative estimate of drug-likeness (QED) is 0.616. The number of hydrogen-bond acceptors (Lipinski definition) is 4. The zero-order valence-electron chi connectivity index (χ0n) is 11.1. The first-order valence-electron chi connectivity index (χ1n) is 6.02. The first kappa shape index (κ1) is 16.4. The molecular weight excluding hydrogens is 341 g/mol. The van der Waals surface area contributed by atoms with Gasteiger partial charge in [0, 0.05) is 23.8 Å². The molecule has 0 N–H and O–H groups in total. The molecule has 0 aliphatic carbocycles. The van der Waals surface area contributed by atoms with Gasteiger partial charge in [0.05, 0.1) is 4.90 Å². The van der Waals surface area contributed by atoms with Crippen LogP contribution in [0.5, 0.6) is 0 Å². The summed E-state index contributed by atoms with van der Waals surface area (Å²) in [6.07, 6.45) is 2.34. The summed E-state index contributed by atoms with van der Waals surface area (Å²) in [5, 5.41) is 0. The Morgan fingerprint density at radius 1 is 1.24 bits per heavy atom. The summed E-state index contributed by atoms with van der Waals surface area (Å²) >= 11 is 0. The van der Waals surface area contributed by atoms with Crippen LogP contribution in [0.4, 0.5) is 4.39 Å². The molecule has 1 aromatic carbocycles. The largest absolute Gasteiger partial charge is 0.261 e. The molecule has 5 nitrogen and oxygen atoms in total. The highest BCUT2D eigenvalue weighted by molar-refractivity contribution is 8.13. The zero-order valence-corrected chi connectivity index (χ0v) is 13.5. The molecule has 9 heteroatoms. The van der Waals surface area contributed by atoms with Crippen molar-refractivity contribution in [1.29, 1.82) is 0 Å². The van der Waals surface area contributed by atoms with Crippen molar-refractivity contribution in [2.75, 3.05) is 13.1 Å². The lowest BCUT2D eigenvalue weighted by Crippen LogP contribution is -2.35. The SMILES string of the molecule is CC1=CCN(S(=O)(=O)c2ccc(S(=O)(=O)Cl)cc2F)CC1. The topological polar surface area (TPSA) is 71.5 Å². The zero-order chi connectivity index (χ0) is 15.8. The number of hydrogen-bond donors (Lipinski definition) is 0. The molecule has 0 unspecified atom stereocenters. The molecule has 0 saturated heterocycles. The van der Waals surface area contributed by atoms with Crippen molar-refractivity contribution in [3.05, 3.63) is 35.7 Å². The minimum absolute atomic E-state index is 0.170. The van der Waals surface area contributed by atoms with Crippen molar-refractivity contribution in [2.45, 2.75) is 23.1 Å². The Morgan fingerprint density at radius 3 is 2.38 bits per heavy atom. The minimum Gasteiger partial charge on any atom is -0.207 e. The summed E-state index contributed by atoms with van der Waals surface area (Å²) in [5.74, 6) is -1.14. The molecular formula is C12H13ClFNO4S2. The van der Waals surface area contributed by atoms with E-state index in [9.17, 15) is 21.2 Å². The van der Waals surface area contributed by atoms with Crippen molar-refractivity contribution in [3.63, 3.8) is 0 Å². The van der Waals surface area contributed by atoms with Crippen LogP contribution in [0.3, 0.4) is 0 Å². The van der Waals surface area contributed by atoms with Crippen molar-refractivity contribution in [3.8, 4) is 0 Å². The second kappa shape index (κ2) is 5.68. The maximum Gasteiger partial charge on any atom is 0.261 e. The predicted octanol–water partition coefficient (Wildman–Crippen LogP) is 2.09. The van der Waals surface area contributed by atoms with E-state index in [1.165, 1.54) is 0 Å². The van der Waals surface area contributed by atoms with E-state index in [1.54, 1.807) is 6.08 Å². The third kappa shape index (κ3) is 3.45. The fourth-order valence-electron chi connectivity index (χ4n) is 1.95. The minimum atomic E-state index is -4.11. The van der Waals surface area contributed by atoms with Crippen molar-refractivity contribution in [2.24, 2.45) is 0 Å². The number of halogens is 2. The van der Waals surface area contributed by atoms with Crippen LogP contribution in [0.1, 0.15) is 13.3 Å². The van der Waals surface area contributed by atoms with Gasteiger partial charge >= 0.3 is 0 Å². The number of sulfonamides is 1. The Kier molecular flexibility index (Phi) is 4.44. The molecule has 0 atom stereocenters. The summed E-state index contributed by atoms with van der Waals surface area (Å²) in [6, 6.07) is 2.51. The molecule has 21 heavy (non-hydrogen) atoms. The fourth-order valence-corrected chi connectivity index (χ4v) is 4.14. The van der Waals surface area contributed by atoms with E-state index < -0.39 is 34.7 Å². The standard InChI is InChI=1S/C12H13ClFNO4S2/c1-9-4-6-15(7-5-9)21(18,19)12-3-2-10(8-11(12)14)20(13,16)17/h2-4,8H,5-7H2,1H3. The van der Waals surface area contributed by atoms with Crippen molar-refractivity contribution < 1.29 is 21.2 Å². The van der Waals surface area contributed by atoms with Gasteiger partial charge in [-0.05, 0) is 31.5 Å². The Morgan fingerprint density at radius 2 is 1.90 bits per heavy atom. The predicted molar refractivity (Wildman–Crippen MR) is 76.6 cm³/mol. The van der Waals surface area contributed by atoms with Gasteiger partial charge in [0.2, 0.25) is 10.0 Å². The second-order valence-corrected chi connectivity index (χ2v) is 9.17.